The van der Waals surface area contributed by atoms with Crippen LogP contribution in [0.3, 0.4) is 0 Å². The van der Waals surface area contributed by atoms with Gasteiger partial charge >= 0.3 is 6.09 Å². The minimum Gasteiger partial charge on any atom is -0.448 e. The second kappa shape index (κ2) is 6.26. The number of nitriles is 1. The minimum absolute atomic E-state index is 0.146. The predicted molar refractivity (Wildman–Crippen MR) is 74.4 cm³/mol. The van der Waals surface area contributed by atoms with Crippen LogP contribution in [0, 0.1) is 11.3 Å². The molecule has 0 bridgehead atoms. The number of benzene rings is 1. The Morgan fingerprint density at radius 3 is 3.00 bits per heavy atom. The van der Waals surface area contributed by atoms with Crippen molar-refractivity contribution in [2.24, 2.45) is 5.73 Å². The van der Waals surface area contributed by atoms with Crippen molar-refractivity contribution in [2.45, 2.75) is 13.0 Å². The van der Waals surface area contributed by atoms with Gasteiger partial charge in [-0.1, -0.05) is 0 Å². The Morgan fingerprint density at radius 1 is 1.55 bits per heavy atom. The highest BCUT2D eigenvalue weighted by Gasteiger charge is 2.11. The van der Waals surface area contributed by atoms with Gasteiger partial charge in [0.05, 0.1) is 29.2 Å². The second-order valence-electron chi connectivity index (χ2n) is 4.10. The van der Waals surface area contributed by atoms with Crippen LogP contribution in [-0.2, 0) is 17.7 Å². The number of imidazole rings is 1. The smallest absolute Gasteiger partial charge is 0.404 e. The number of carbonyl (C=O) groups is 1. The van der Waals surface area contributed by atoms with Crippen LogP contribution in [0.4, 0.5) is 4.79 Å². The molecule has 2 N–H and O–H groups in total. The summed E-state index contributed by atoms with van der Waals surface area (Å²) in [6, 6.07) is 7.34. The lowest BCUT2D eigenvalue weighted by molar-refractivity contribution is 0.152. The van der Waals surface area contributed by atoms with E-state index in [0.717, 1.165) is 16.9 Å². The molecular formula is C13H13ClN4O2. The molecule has 0 radical (unpaired) electrons. The number of halogens is 1. The van der Waals surface area contributed by atoms with Gasteiger partial charge in [-0.25, -0.2) is 9.78 Å². The number of nitrogens with zero attached hydrogens (tertiary/aromatic N) is 3. The number of carbonyl (C=O) groups excluding carboxylic acids is 1. The number of hydrogen-bond acceptors (Lipinski definition) is 4. The maximum Gasteiger partial charge on any atom is 0.404 e. The van der Waals surface area contributed by atoms with E-state index in [1.165, 1.54) is 0 Å². The third-order valence-corrected chi connectivity index (χ3v) is 3.02. The minimum atomic E-state index is -0.814. The van der Waals surface area contributed by atoms with Gasteiger partial charge in [0.1, 0.15) is 12.4 Å². The van der Waals surface area contributed by atoms with Gasteiger partial charge in [0.2, 0.25) is 0 Å². The first-order chi connectivity index (χ1) is 9.65. The van der Waals surface area contributed by atoms with Crippen molar-refractivity contribution in [2.75, 3.05) is 12.5 Å². The molecule has 2 aromatic rings. The zero-order valence-corrected chi connectivity index (χ0v) is 11.4. The number of primary amides is 1. The first-order valence-electron chi connectivity index (χ1n) is 6.03. The molecule has 1 amide bonds. The summed E-state index contributed by atoms with van der Waals surface area (Å²) >= 11 is 5.77. The van der Waals surface area contributed by atoms with Crippen LogP contribution >= 0.6 is 11.6 Å². The van der Waals surface area contributed by atoms with E-state index in [-0.39, 0.29) is 6.61 Å². The molecule has 6 nitrogen and oxygen atoms in total. The van der Waals surface area contributed by atoms with Crippen LogP contribution in [-0.4, -0.2) is 28.1 Å². The first kappa shape index (κ1) is 14.2. The number of alkyl halides is 1. The number of rotatable bonds is 5. The lowest BCUT2D eigenvalue weighted by Crippen LogP contribution is -2.17. The van der Waals surface area contributed by atoms with Gasteiger partial charge in [0, 0.05) is 12.3 Å². The fourth-order valence-corrected chi connectivity index (χ4v) is 2.17. The second-order valence-corrected chi connectivity index (χ2v) is 4.48. The zero-order chi connectivity index (χ0) is 14.5. The molecule has 0 saturated carbocycles. The summed E-state index contributed by atoms with van der Waals surface area (Å²) in [6.45, 7) is 0.563. The molecule has 0 fully saturated rings. The van der Waals surface area contributed by atoms with E-state index in [1.807, 2.05) is 4.57 Å². The molecular weight excluding hydrogens is 280 g/mol. The van der Waals surface area contributed by atoms with Crippen LogP contribution < -0.4 is 5.73 Å². The molecule has 1 aromatic carbocycles. The standard InChI is InChI=1S/C13H13ClN4O2/c14-4-3-12-17-10-2-1-9(8-15)7-11(10)18(12)5-6-20-13(16)19/h1-2,7H,3-6H2,(H2,16,19). The number of hydrogen-bond donors (Lipinski definition) is 1. The first-order valence-corrected chi connectivity index (χ1v) is 6.56. The van der Waals surface area contributed by atoms with Crippen LogP contribution in [0.2, 0.25) is 0 Å². The fourth-order valence-electron chi connectivity index (χ4n) is 2.00. The van der Waals surface area contributed by atoms with E-state index in [2.05, 4.69) is 11.1 Å². The van der Waals surface area contributed by atoms with Crippen molar-refractivity contribution in [3.8, 4) is 6.07 Å². The van der Waals surface area contributed by atoms with Crippen molar-refractivity contribution in [1.29, 1.82) is 5.26 Å². The Labute approximate surface area is 120 Å². The van der Waals surface area contributed by atoms with Crippen LogP contribution in [0.25, 0.3) is 11.0 Å². The number of nitrogens with two attached hydrogens (primary N) is 1. The number of ether oxygens (including phenoxy) is 1. The topological polar surface area (TPSA) is 93.9 Å². The average molecular weight is 293 g/mol. The van der Waals surface area contributed by atoms with Crippen LogP contribution in [0.15, 0.2) is 18.2 Å². The maximum absolute atomic E-state index is 10.6. The van der Waals surface area contributed by atoms with Gasteiger partial charge < -0.3 is 15.0 Å². The van der Waals surface area contributed by atoms with Gasteiger partial charge in [-0.2, -0.15) is 5.26 Å². The molecule has 0 aliphatic heterocycles. The number of fused-ring (bicyclic) bond motifs is 1. The SMILES string of the molecule is N#Cc1ccc2nc(CCCl)n(CCOC(N)=O)c2c1. The molecule has 0 unspecified atom stereocenters. The Balaban J connectivity index is 2.38. The third-order valence-electron chi connectivity index (χ3n) is 2.83. The van der Waals surface area contributed by atoms with E-state index in [0.29, 0.717) is 24.4 Å². The summed E-state index contributed by atoms with van der Waals surface area (Å²) in [5.41, 5.74) is 7.08. The van der Waals surface area contributed by atoms with Gasteiger partial charge in [-0.05, 0) is 18.2 Å². The highest BCUT2D eigenvalue weighted by Crippen LogP contribution is 2.18. The Kier molecular flexibility index (Phi) is 4.43. The van der Waals surface area contributed by atoms with Crippen molar-refractivity contribution in [3.05, 3.63) is 29.6 Å². The fraction of sp³-hybridized carbons (Fsp3) is 0.308. The van der Waals surface area contributed by atoms with Gasteiger partial charge in [-0.3, -0.25) is 0 Å². The quantitative estimate of drug-likeness (QED) is 0.850. The highest BCUT2D eigenvalue weighted by molar-refractivity contribution is 6.17. The average Bonchev–Trinajstić information content (AvgIpc) is 2.76. The molecule has 7 heteroatoms. The largest absolute Gasteiger partial charge is 0.448 e. The summed E-state index contributed by atoms with van der Waals surface area (Å²) in [4.78, 5) is 15.1. The van der Waals surface area contributed by atoms with Crippen molar-refractivity contribution >= 4 is 28.7 Å². The summed E-state index contributed by atoms with van der Waals surface area (Å²) in [5.74, 6) is 1.23. The molecule has 0 spiro atoms. The van der Waals surface area contributed by atoms with E-state index >= 15 is 0 Å². The van der Waals surface area contributed by atoms with Crippen molar-refractivity contribution in [3.63, 3.8) is 0 Å². The molecule has 1 aromatic heterocycles. The molecule has 0 aliphatic rings. The Hall–Kier alpha value is -2.26. The molecule has 0 aliphatic carbocycles. The molecule has 20 heavy (non-hydrogen) atoms. The summed E-state index contributed by atoms with van der Waals surface area (Å²) in [6.07, 6.45) is -0.222. The van der Waals surface area contributed by atoms with Gasteiger partial charge in [0.15, 0.2) is 0 Å². The van der Waals surface area contributed by atoms with Crippen LogP contribution in [0.5, 0.6) is 0 Å². The van der Waals surface area contributed by atoms with E-state index in [4.69, 9.17) is 27.3 Å². The number of amides is 1. The Bertz CT molecular complexity index is 675. The third kappa shape index (κ3) is 3.00. The van der Waals surface area contributed by atoms with E-state index in [9.17, 15) is 4.79 Å². The highest BCUT2D eigenvalue weighted by atomic mass is 35.5. The lowest BCUT2D eigenvalue weighted by Gasteiger charge is -2.08. The molecule has 0 atom stereocenters. The Morgan fingerprint density at radius 2 is 2.35 bits per heavy atom. The van der Waals surface area contributed by atoms with E-state index < -0.39 is 6.09 Å². The number of aryl methyl sites for hydroxylation is 1. The van der Waals surface area contributed by atoms with Crippen LogP contribution in [0.1, 0.15) is 11.4 Å². The molecule has 1 heterocycles. The summed E-state index contributed by atoms with van der Waals surface area (Å²) in [7, 11) is 0. The van der Waals surface area contributed by atoms with Crippen molar-refractivity contribution < 1.29 is 9.53 Å². The number of aromatic nitrogens is 2. The summed E-state index contributed by atoms with van der Waals surface area (Å²) in [5, 5.41) is 8.96. The molecule has 0 saturated heterocycles. The monoisotopic (exact) mass is 292 g/mol. The van der Waals surface area contributed by atoms with E-state index in [1.54, 1.807) is 18.2 Å². The van der Waals surface area contributed by atoms with Gasteiger partial charge in [-0.15, -0.1) is 11.6 Å². The van der Waals surface area contributed by atoms with Crippen molar-refractivity contribution in [1.82, 2.24) is 9.55 Å². The normalized spacial score (nSPS) is 10.4. The molecule has 2 rings (SSSR count). The lowest BCUT2D eigenvalue weighted by atomic mass is 10.2. The maximum atomic E-state index is 10.6. The zero-order valence-electron chi connectivity index (χ0n) is 10.7. The van der Waals surface area contributed by atoms with Gasteiger partial charge in [0.25, 0.3) is 0 Å². The molecule has 104 valence electrons. The predicted octanol–water partition coefficient (Wildman–Crippen LogP) is 1.78. The summed E-state index contributed by atoms with van der Waals surface area (Å²) < 4.78 is 6.64.